The van der Waals surface area contributed by atoms with Crippen LogP contribution in [0.25, 0.3) is 0 Å². The minimum atomic E-state index is -0.598. The Labute approximate surface area is 59.3 Å². The standard InChI is InChI=1S/C6H11NO3/c8-5-10-7-4-2-1-3-6(7)9/h5-6,9H,1-4H2. The summed E-state index contributed by atoms with van der Waals surface area (Å²) in [5, 5.41) is 10.4. The van der Waals surface area contributed by atoms with Gasteiger partial charge in [0, 0.05) is 6.54 Å². The van der Waals surface area contributed by atoms with Crippen LogP contribution in [0.15, 0.2) is 0 Å². The fourth-order valence-electron chi connectivity index (χ4n) is 1.07. The number of hydrogen-bond donors (Lipinski definition) is 1. The van der Waals surface area contributed by atoms with E-state index in [-0.39, 0.29) is 0 Å². The minimum Gasteiger partial charge on any atom is -0.375 e. The Kier molecular flexibility index (Phi) is 2.65. The first kappa shape index (κ1) is 7.50. The fraction of sp³-hybridized carbons (Fsp3) is 0.833. The average Bonchev–Trinajstić information content (AvgIpc) is 1.94. The molecule has 4 nitrogen and oxygen atoms in total. The van der Waals surface area contributed by atoms with Crippen LogP contribution in [0, 0.1) is 0 Å². The second kappa shape index (κ2) is 3.53. The normalized spacial score (nSPS) is 27.9. The van der Waals surface area contributed by atoms with Gasteiger partial charge >= 0.3 is 6.47 Å². The molecule has 1 fully saturated rings. The summed E-state index contributed by atoms with van der Waals surface area (Å²) < 4.78 is 0. The van der Waals surface area contributed by atoms with Gasteiger partial charge in [0.15, 0.2) is 0 Å². The third-order valence-corrected chi connectivity index (χ3v) is 1.60. The molecule has 58 valence electrons. The van der Waals surface area contributed by atoms with Crippen LogP contribution in [0.1, 0.15) is 19.3 Å². The van der Waals surface area contributed by atoms with Crippen LogP contribution in [-0.2, 0) is 9.63 Å². The number of carbonyl (C=O) groups is 1. The van der Waals surface area contributed by atoms with Crippen molar-refractivity contribution in [2.45, 2.75) is 25.5 Å². The average molecular weight is 145 g/mol. The van der Waals surface area contributed by atoms with Crippen LogP contribution >= 0.6 is 0 Å². The number of aliphatic hydroxyl groups excluding tert-OH is 1. The topological polar surface area (TPSA) is 49.8 Å². The van der Waals surface area contributed by atoms with Gasteiger partial charge in [-0.2, -0.15) is 0 Å². The van der Waals surface area contributed by atoms with E-state index < -0.39 is 6.23 Å². The Morgan fingerprint density at radius 3 is 3.00 bits per heavy atom. The highest BCUT2D eigenvalue weighted by Crippen LogP contribution is 2.13. The molecule has 1 saturated heterocycles. The van der Waals surface area contributed by atoms with Crippen molar-refractivity contribution in [3.8, 4) is 0 Å². The summed E-state index contributed by atoms with van der Waals surface area (Å²) in [6, 6.07) is 0. The maximum Gasteiger partial charge on any atom is 0.313 e. The minimum absolute atomic E-state index is 0.342. The molecule has 0 aromatic rings. The van der Waals surface area contributed by atoms with Crippen LogP contribution in [0.5, 0.6) is 0 Å². The van der Waals surface area contributed by atoms with Crippen molar-refractivity contribution in [2.75, 3.05) is 6.54 Å². The van der Waals surface area contributed by atoms with Crippen molar-refractivity contribution in [3.63, 3.8) is 0 Å². The molecule has 0 spiro atoms. The molecule has 0 amide bonds. The lowest BCUT2D eigenvalue weighted by Gasteiger charge is -2.28. The molecule has 1 unspecified atom stereocenters. The number of hydroxylamine groups is 2. The number of nitrogens with zero attached hydrogens (tertiary/aromatic N) is 1. The van der Waals surface area contributed by atoms with E-state index in [1.54, 1.807) is 0 Å². The first-order valence-corrected chi connectivity index (χ1v) is 3.39. The molecule has 1 aliphatic rings. The van der Waals surface area contributed by atoms with Gasteiger partial charge in [-0.05, 0) is 19.3 Å². The maximum atomic E-state index is 9.84. The molecule has 1 heterocycles. The fourth-order valence-corrected chi connectivity index (χ4v) is 1.07. The van der Waals surface area contributed by atoms with Crippen molar-refractivity contribution >= 4 is 6.47 Å². The van der Waals surface area contributed by atoms with Crippen LogP contribution in [0.4, 0.5) is 0 Å². The molecule has 1 atom stereocenters. The summed E-state index contributed by atoms with van der Waals surface area (Å²) in [5.41, 5.74) is 0. The summed E-state index contributed by atoms with van der Waals surface area (Å²) in [7, 11) is 0. The molecule has 0 aromatic carbocycles. The van der Waals surface area contributed by atoms with Gasteiger partial charge in [0.1, 0.15) is 6.23 Å². The summed E-state index contributed by atoms with van der Waals surface area (Å²) in [5.74, 6) is 0. The third-order valence-electron chi connectivity index (χ3n) is 1.60. The van der Waals surface area contributed by atoms with E-state index in [1.165, 1.54) is 5.06 Å². The van der Waals surface area contributed by atoms with Crippen LogP contribution in [-0.4, -0.2) is 29.4 Å². The molecule has 0 bridgehead atoms. The van der Waals surface area contributed by atoms with E-state index in [0.29, 0.717) is 19.4 Å². The van der Waals surface area contributed by atoms with Crippen LogP contribution in [0.3, 0.4) is 0 Å². The monoisotopic (exact) mass is 145 g/mol. The van der Waals surface area contributed by atoms with Gasteiger partial charge in [0.2, 0.25) is 0 Å². The second-order valence-corrected chi connectivity index (χ2v) is 2.32. The molecule has 0 radical (unpaired) electrons. The van der Waals surface area contributed by atoms with Crippen molar-refractivity contribution < 1.29 is 14.7 Å². The smallest absolute Gasteiger partial charge is 0.313 e. The van der Waals surface area contributed by atoms with Gasteiger partial charge in [-0.3, -0.25) is 4.79 Å². The lowest BCUT2D eigenvalue weighted by Crippen LogP contribution is -2.38. The Bertz CT molecular complexity index is 118. The van der Waals surface area contributed by atoms with E-state index in [2.05, 4.69) is 4.84 Å². The molecule has 1 rings (SSSR count). The second-order valence-electron chi connectivity index (χ2n) is 2.32. The quantitative estimate of drug-likeness (QED) is 0.550. The maximum absolute atomic E-state index is 9.84. The molecule has 4 heteroatoms. The predicted octanol–water partition coefficient (Wildman–Crippen LogP) is -0.121. The predicted molar refractivity (Wildman–Crippen MR) is 33.7 cm³/mol. The number of piperidine rings is 1. The number of hydrogen-bond acceptors (Lipinski definition) is 4. The molecular formula is C6H11NO3. The van der Waals surface area contributed by atoms with Crippen molar-refractivity contribution in [1.82, 2.24) is 5.06 Å². The van der Waals surface area contributed by atoms with E-state index >= 15 is 0 Å². The summed E-state index contributed by atoms with van der Waals surface area (Å²) in [4.78, 5) is 14.3. The Morgan fingerprint density at radius 1 is 1.60 bits per heavy atom. The first-order valence-electron chi connectivity index (χ1n) is 3.39. The highest BCUT2D eigenvalue weighted by Gasteiger charge is 2.20. The number of carbonyl (C=O) groups excluding carboxylic acids is 1. The summed E-state index contributed by atoms with van der Waals surface area (Å²) in [6.45, 7) is 0.981. The van der Waals surface area contributed by atoms with E-state index in [1.807, 2.05) is 0 Å². The van der Waals surface area contributed by atoms with Gasteiger partial charge in [-0.15, -0.1) is 5.06 Å². The largest absolute Gasteiger partial charge is 0.375 e. The lowest BCUT2D eigenvalue weighted by atomic mass is 10.1. The Balaban J connectivity index is 2.32. The van der Waals surface area contributed by atoms with E-state index in [9.17, 15) is 4.79 Å². The van der Waals surface area contributed by atoms with Gasteiger partial charge in [-0.25, -0.2) is 0 Å². The van der Waals surface area contributed by atoms with E-state index in [0.717, 1.165) is 12.8 Å². The Hall–Kier alpha value is -0.610. The molecular weight excluding hydrogens is 134 g/mol. The summed E-state index contributed by atoms with van der Waals surface area (Å²) >= 11 is 0. The molecule has 10 heavy (non-hydrogen) atoms. The summed E-state index contributed by atoms with van der Waals surface area (Å²) in [6.07, 6.45) is 2.07. The third kappa shape index (κ3) is 1.68. The molecule has 0 aliphatic carbocycles. The molecule has 1 N–H and O–H groups in total. The number of rotatable bonds is 2. The van der Waals surface area contributed by atoms with E-state index in [4.69, 9.17) is 5.11 Å². The van der Waals surface area contributed by atoms with Crippen LogP contribution < -0.4 is 0 Å². The van der Waals surface area contributed by atoms with Gasteiger partial charge in [0.05, 0.1) is 0 Å². The number of aliphatic hydroxyl groups is 1. The first-order chi connectivity index (χ1) is 4.84. The zero-order chi connectivity index (χ0) is 7.40. The molecule has 0 aromatic heterocycles. The lowest BCUT2D eigenvalue weighted by molar-refractivity contribution is -0.230. The van der Waals surface area contributed by atoms with Crippen molar-refractivity contribution in [1.29, 1.82) is 0 Å². The molecule has 0 saturated carbocycles. The molecule has 1 aliphatic heterocycles. The van der Waals surface area contributed by atoms with Crippen molar-refractivity contribution in [3.05, 3.63) is 0 Å². The van der Waals surface area contributed by atoms with Gasteiger partial charge in [0.25, 0.3) is 0 Å². The van der Waals surface area contributed by atoms with Gasteiger partial charge in [-0.1, -0.05) is 0 Å². The zero-order valence-electron chi connectivity index (χ0n) is 5.69. The zero-order valence-corrected chi connectivity index (χ0v) is 5.69. The highest BCUT2D eigenvalue weighted by atomic mass is 16.7. The Morgan fingerprint density at radius 2 is 2.40 bits per heavy atom. The SMILES string of the molecule is O=CON1CCCCC1O. The van der Waals surface area contributed by atoms with Crippen LogP contribution in [0.2, 0.25) is 0 Å². The highest BCUT2D eigenvalue weighted by molar-refractivity contribution is 5.36. The van der Waals surface area contributed by atoms with Crippen molar-refractivity contribution in [2.24, 2.45) is 0 Å². The van der Waals surface area contributed by atoms with Gasteiger partial charge < -0.3 is 9.94 Å².